The van der Waals surface area contributed by atoms with Crippen molar-refractivity contribution < 1.29 is 14.4 Å². The molecule has 0 aliphatic carbocycles. The van der Waals surface area contributed by atoms with Gasteiger partial charge in [-0.15, -0.1) is 0 Å². The van der Waals surface area contributed by atoms with Gasteiger partial charge in [-0.3, -0.25) is 9.59 Å². The van der Waals surface area contributed by atoms with Gasteiger partial charge in [0.2, 0.25) is 11.8 Å². The van der Waals surface area contributed by atoms with Gasteiger partial charge in [-0.05, 0) is 42.7 Å². The lowest BCUT2D eigenvalue weighted by atomic mass is 10.0. The van der Waals surface area contributed by atoms with E-state index in [0.29, 0.717) is 5.69 Å². The molecule has 30 heavy (non-hydrogen) atoms. The van der Waals surface area contributed by atoms with Gasteiger partial charge >= 0.3 is 6.03 Å². The van der Waals surface area contributed by atoms with Gasteiger partial charge in [0, 0.05) is 28.8 Å². The number of amides is 4. The fourth-order valence-electron chi connectivity index (χ4n) is 2.72. The zero-order valence-electron chi connectivity index (χ0n) is 17.3. The third-order valence-electron chi connectivity index (χ3n) is 4.39. The van der Waals surface area contributed by atoms with Gasteiger partial charge in [-0.2, -0.15) is 0 Å². The molecule has 7 nitrogen and oxygen atoms in total. The Hall–Kier alpha value is -2.87. The van der Waals surface area contributed by atoms with Gasteiger partial charge in [0.05, 0.1) is 0 Å². The second-order valence-electron chi connectivity index (χ2n) is 7.23. The van der Waals surface area contributed by atoms with E-state index in [4.69, 9.17) is 0 Å². The van der Waals surface area contributed by atoms with E-state index in [9.17, 15) is 14.4 Å². The minimum Gasteiger partial charge on any atom is -0.354 e. The summed E-state index contributed by atoms with van der Waals surface area (Å²) in [5.41, 5.74) is 2.31. The van der Waals surface area contributed by atoms with Crippen molar-refractivity contribution in [2.45, 2.75) is 33.2 Å². The van der Waals surface area contributed by atoms with Crippen molar-refractivity contribution in [2.75, 3.05) is 17.2 Å². The standard InChI is InChI=1S/C22H27BrN4O3/c1-14(2)20(27-22(30)25-17-7-5-4-6-8-17)21(29)24-12-11-19(28)26-18-13-16(23)10-9-15(18)3/h4-10,13-14,20H,11-12H2,1-3H3,(H,24,29)(H,26,28)(H2,25,27,30). The number of carbonyl (C=O) groups is 3. The second-order valence-corrected chi connectivity index (χ2v) is 8.15. The third-order valence-corrected chi connectivity index (χ3v) is 4.89. The van der Waals surface area contributed by atoms with Crippen LogP contribution < -0.4 is 21.3 Å². The van der Waals surface area contributed by atoms with Crippen LogP contribution in [0.1, 0.15) is 25.8 Å². The summed E-state index contributed by atoms with van der Waals surface area (Å²) in [6.45, 7) is 5.76. The zero-order valence-corrected chi connectivity index (χ0v) is 18.9. The molecule has 0 aliphatic heterocycles. The van der Waals surface area contributed by atoms with Gasteiger partial charge in [-0.25, -0.2) is 4.79 Å². The molecule has 0 aromatic heterocycles. The Morgan fingerprint density at radius 2 is 1.70 bits per heavy atom. The summed E-state index contributed by atoms with van der Waals surface area (Å²) in [6.07, 6.45) is 0.124. The van der Waals surface area contributed by atoms with E-state index < -0.39 is 12.1 Å². The normalized spacial score (nSPS) is 11.5. The molecule has 0 saturated carbocycles. The van der Waals surface area contributed by atoms with Crippen LogP contribution in [-0.2, 0) is 9.59 Å². The van der Waals surface area contributed by atoms with Crippen LogP contribution in [0.5, 0.6) is 0 Å². The molecule has 2 rings (SSSR count). The molecule has 4 amide bonds. The molecule has 8 heteroatoms. The number of rotatable bonds is 8. The smallest absolute Gasteiger partial charge is 0.319 e. The predicted molar refractivity (Wildman–Crippen MR) is 122 cm³/mol. The highest BCUT2D eigenvalue weighted by atomic mass is 79.9. The fraction of sp³-hybridized carbons (Fsp3) is 0.318. The second kappa shape index (κ2) is 11.3. The molecule has 0 spiro atoms. The quantitative estimate of drug-likeness (QED) is 0.464. The maximum atomic E-state index is 12.5. The first-order valence-electron chi connectivity index (χ1n) is 9.72. The van der Waals surface area contributed by atoms with Crippen LogP contribution in [-0.4, -0.2) is 30.4 Å². The first-order valence-corrected chi connectivity index (χ1v) is 10.5. The number of aryl methyl sites for hydroxylation is 1. The Bertz CT molecular complexity index is 887. The van der Waals surface area contributed by atoms with E-state index in [0.717, 1.165) is 15.7 Å². The highest BCUT2D eigenvalue weighted by Crippen LogP contribution is 2.20. The Balaban J connectivity index is 1.82. The number of hydrogen-bond acceptors (Lipinski definition) is 3. The lowest BCUT2D eigenvalue weighted by Gasteiger charge is -2.22. The highest BCUT2D eigenvalue weighted by Gasteiger charge is 2.24. The summed E-state index contributed by atoms with van der Waals surface area (Å²) >= 11 is 3.38. The van der Waals surface area contributed by atoms with Crippen molar-refractivity contribution in [3.05, 3.63) is 58.6 Å². The Morgan fingerprint density at radius 1 is 1.00 bits per heavy atom. The van der Waals surface area contributed by atoms with Crippen molar-refractivity contribution in [3.63, 3.8) is 0 Å². The molecule has 0 aliphatic rings. The monoisotopic (exact) mass is 474 g/mol. The van der Waals surface area contributed by atoms with Gasteiger partial charge in [0.25, 0.3) is 0 Å². The van der Waals surface area contributed by atoms with Crippen molar-refractivity contribution in [3.8, 4) is 0 Å². The summed E-state index contributed by atoms with van der Waals surface area (Å²) in [6, 6.07) is 13.4. The van der Waals surface area contributed by atoms with E-state index in [-0.39, 0.29) is 30.7 Å². The Morgan fingerprint density at radius 3 is 2.37 bits per heavy atom. The molecule has 0 heterocycles. The number of halogens is 1. The van der Waals surface area contributed by atoms with Gasteiger partial charge < -0.3 is 21.3 Å². The zero-order chi connectivity index (χ0) is 22.1. The number of para-hydroxylation sites is 1. The first-order chi connectivity index (χ1) is 14.3. The molecule has 2 aromatic carbocycles. The largest absolute Gasteiger partial charge is 0.354 e. The number of anilines is 2. The van der Waals surface area contributed by atoms with Crippen LogP contribution >= 0.6 is 15.9 Å². The van der Waals surface area contributed by atoms with Crippen LogP contribution in [0.4, 0.5) is 16.2 Å². The van der Waals surface area contributed by atoms with Crippen molar-refractivity contribution >= 4 is 45.2 Å². The molecular weight excluding hydrogens is 448 g/mol. The number of benzene rings is 2. The average Bonchev–Trinajstić information content (AvgIpc) is 2.69. The molecule has 1 unspecified atom stereocenters. The molecule has 0 bridgehead atoms. The maximum Gasteiger partial charge on any atom is 0.319 e. The van der Waals surface area contributed by atoms with Crippen LogP contribution in [0, 0.1) is 12.8 Å². The summed E-state index contributed by atoms with van der Waals surface area (Å²) in [5.74, 6) is -0.656. The summed E-state index contributed by atoms with van der Waals surface area (Å²) in [5, 5.41) is 10.9. The topological polar surface area (TPSA) is 99.3 Å². The van der Waals surface area contributed by atoms with Gasteiger partial charge in [0.15, 0.2) is 0 Å². The molecule has 1 atom stereocenters. The predicted octanol–water partition coefficient (Wildman–Crippen LogP) is 4.05. The third kappa shape index (κ3) is 7.51. The Labute approximate surface area is 185 Å². The molecular formula is C22H27BrN4O3. The lowest BCUT2D eigenvalue weighted by Crippen LogP contribution is -2.51. The SMILES string of the molecule is Cc1ccc(Br)cc1NC(=O)CCNC(=O)C(NC(=O)Nc1ccccc1)C(C)C. The molecule has 160 valence electrons. The van der Waals surface area contributed by atoms with Crippen LogP contribution in [0.3, 0.4) is 0 Å². The van der Waals surface area contributed by atoms with Crippen LogP contribution in [0.15, 0.2) is 53.0 Å². The number of hydrogen-bond donors (Lipinski definition) is 4. The molecule has 0 radical (unpaired) electrons. The van der Waals surface area contributed by atoms with Crippen molar-refractivity contribution in [2.24, 2.45) is 5.92 Å². The van der Waals surface area contributed by atoms with E-state index in [2.05, 4.69) is 37.2 Å². The molecule has 0 fully saturated rings. The summed E-state index contributed by atoms with van der Waals surface area (Å²) < 4.78 is 0.872. The molecule has 2 aromatic rings. The minimum atomic E-state index is -0.718. The van der Waals surface area contributed by atoms with Crippen LogP contribution in [0.2, 0.25) is 0 Å². The van der Waals surface area contributed by atoms with Gasteiger partial charge in [-0.1, -0.05) is 54.0 Å². The number of carbonyl (C=O) groups excluding carboxylic acids is 3. The van der Waals surface area contributed by atoms with E-state index >= 15 is 0 Å². The molecule has 4 N–H and O–H groups in total. The minimum absolute atomic E-state index is 0.121. The first kappa shape index (κ1) is 23.4. The summed E-state index contributed by atoms with van der Waals surface area (Å²) in [4.78, 5) is 36.9. The maximum absolute atomic E-state index is 12.5. The Kier molecular flexibility index (Phi) is 8.86. The highest BCUT2D eigenvalue weighted by molar-refractivity contribution is 9.10. The van der Waals surface area contributed by atoms with E-state index in [1.807, 2.05) is 57.2 Å². The fourth-order valence-corrected chi connectivity index (χ4v) is 3.08. The number of nitrogens with one attached hydrogen (secondary N) is 4. The van der Waals surface area contributed by atoms with Crippen molar-refractivity contribution in [1.82, 2.24) is 10.6 Å². The number of urea groups is 1. The van der Waals surface area contributed by atoms with Gasteiger partial charge in [0.1, 0.15) is 6.04 Å². The lowest BCUT2D eigenvalue weighted by molar-refractivity contribution is -0.124. The summed E-state index contributed by atoms with van der Waals surface area (Å²) in [7, 11) is 0. The van der Waals surface area contributed by atoms with Crippen LogP contribution in [0.25, 0.3) is 0 Å². The van der Waals surface area contributed by atoms with Crippen molar-refractivity contribution in [1.29, 1.82) is 0 Å². The average molecular weight is 475 g/mol. The van der Waals surface area contributed by atoms with E-state index in [1.54, 1.807) is 12.1 Å². The molecule has 0 saturated heterocycles. The van der Waals surface area contributed by atoms with E-state index in [1.165, 1.54) is 0 Å².